The van der Waals surface area contributed by atoms with Crippen molar-refractivity contribution in [1.82, 2.24) is 0 Å². The Kier molecular flexibility index (Phi) is 2.14. The van der Waals surface area contributed by atoms with E-state index >= 15 is 0 Å². The van der Waals surface area contributed by atoms with Crippen LogP contribution in [0.5, 0.6) is 5.75 Å². The van der Waals surface area contributed by atoms with E-state index in [4.69, 9.17) is 21.9 Å². The van der Waals surface area contributed by atoms with Gasteiger partial charge < -0.3 is 5.11 Å². The van der Waals surface area contributed by atoms with Gasteiger partial charge in [-0.3, -0.25) is 0 Å². The molecule has 0 aromatic heterocycles. The number of rotatable bonds is 1. The molecule has 0 amide bonds. The standard InChI is InChI=1S/C6H3ClFNO3/c7-3-1-4(8)5(9(11)12)2-6(3)10/h1-2H,(H-,10,11,12)/p+1. The van der Waals surface area contributed by atoms with Gasteiger partial charge in [0, 0.05) is 6.07 Å². The first-order chi connectivity index (χ1) is 5.52. The number of aromatic hydroxyl groups is 1. The lowest BCUT2D eigenvalue weighted by molar-refractivity contribution is -0.730. The molecule has 0 aliphatic rings. The van der Waals surface area contributed by atoms with Crippen LogP contribution in [-0.4, -0.2) is 15.2 Å². The highest BCUT2D eigenvalue weighted by atomic mass is 35.5. The second-order valence-electron chi connectivity index (χ2n) is 2.03. The summed E-state index contributed by atoms with van der Waals surface area (Å²) in [6, 6.07) is 1.46. The Bertz CT molecular complexity index is 342. The van der Waals surface area contributed by atoms with E-state index in [1.54, 1.807) is 0 Å². The maximum absolute atomic E-state index is 12.7. The number of halogens is 2. The van der Waals surface area contributed by atoms with E-state index < -0.39 is 22.2 Å². The molecule has 4 nitrogen and oxygen atoms in total. The maximum atomic E-state index is 12.7. The molecule has 0 atom stereocenters. The van der Waals surface area contributed by atoms with Crippen LogP contribution in [0, 0.1) is 10.7 Å². The van der Waals surface area contributed by atoms with Gasteiger partial charge in [-0.1, -0.05) is 11.6 Å². The topological polar surface area (TPSA) is 60.5 Å². The van der Waals surface area contributed by atoms with Crippen LogP contribution < -0.4 is 0 Å². The van der Waals surface area contributed by atoms with Gasteiger partial charge in [0.2, 0.25) is 5.82 Å². The van der Waals surface area contributed by atoms with Gasteiger partial charge in [-0.2, -0.15) is 4.39 Å². The molecule has 1 aromatic carbocycles. The first-order valence-electron chi connectivity index (χ1n) is 2.86. The van der Waals surface area contributed by atoms with Crippen LogP contribution in [0.1, 0.15) is 0 Å². The number of benzene rings is 1. The maximum Gasteiger partial charge on any atom is 0.355 e. The number of phenols is 1. The van der Waals surface area contributed by atoms with Crippen LogP contribution >= 0.6 is 11.6 Å². The second kappa shape index (κ2) is 2.94. The Balaban J connectivity index is 3.33. The number of hydrogen-bond acceptors (Lipinski definition) is 2. The number of hydrogen-bond donors (Lipinski definition) is 2. The Morgan fingerprint density at radius 3 is 2.58 bits per heavy atom. The van der Waals surface area contributed by atoms with Gasteiger partial charge in [-0.25, -0.2) is 5.21 Å². The first kappa shape index (κ1) is 8.73. The van der Waals surface area contributed by atoms with Crippen LogP contribution in [0.4, 0.5) is 10.1 Å². The van der Waals surface area contributed by atoms with Gasteiger partial charge in [0.25, 0.3) is 4.92 Å². The predicted octanol–water partition coefficient (Wildman–Crippen LogP) is 1.98. The lowest BCUT2D eigenvalue weighted by Crippen LogP contribution is -1.95. The molecule has 0 aliphatic heterocycles. The van der Waals surface area contributed by atoms with Gasteiger partial charge in [0.15, 0.2) is 0 Å². The van der Waals surface area contributed by atoms with Crippen molar-refractivity contribution in [3.8, 4) is 5.75 Å². The van der Waals surface area contributed by atoms with Crippen molar-refractivity contribution >= 4 is 17.3 Å². The summed E-state index contributed by atoms with van der Waals surface area (Å²) in [6.45, 7) is 0. The highest BCUT2D eigenvalue weighted by Gasteiger charge is 2.21. The molecule has 0 fully saturated rings. The van der Waals surface area contributed by atoms with Crippen LogP contribution in [0.25, 0.3) is 0 Å². The largest absolute Gasteiger partial charge is 0.506 e. The van der Waals surface area contributed by atoms with Crippen molar-refractivity contribution in [3.05, 3.63) is 27.9 Å². The Hall–Kier alpha value is -1.36. The van der Waals surface area contributed by atoms with Gasteiger partial charge >= 0.3 is 5.69 Å². The fraction of sp³-hybridized carbons (Fsp3) is 0. The molecule has 1 aromatic rings. The van der Waals surface area contributed by atoms with E-state index in [-0.39, 0.29) is 5.02 Å². The molecule has 0 spiro atoms. The zero-order chi connectivity index (χ0) is 9.30. The minimum Gasteiger partial charge on any atom is -0.506 e. The highest BCUT2D eigenvalue weighted by molar-refractivity contribution is 6.32. The summed E-state index contributed by atoms with van der Waals surface area (Å²) in [5, 5.41) is 17.0. The minimum absolute atomic E-state index is 0.224. The molecule has 0 saturated heterocycles. The van der Waals surface area contributed by atoms with E-state index in [0.717, 1.165) is 12.1 Å². The summed E-state index contributed by atoms with van der Waals surface area (Å²) in [5.74, 6) is -1.47. The highest BCUT2D eigenvalue weighted by Crippen LogP contribution is 2.29. The van der Waals surface area contributed by atoms with Crippen molar-refractivity contribution in [2.24, 2.45) is 0 Å². The smallest absolute Gasteiger partial charge is 0.355 e. The lowest BCUT2D eigenvalue weighted by atomic mass is 10.3. The lowest BCUT2D eigenvalue weighted by Gasteiger charge is -1.94. The molecule has 1 rings (SSSR count). The molecule has 0 unspecified atom stereocenters. The quantitative estimate of drug-likeness (QED) is 0.669. The molecule has 0 aliphatic carbocycles. The van der Waals surface area contributed by atoms with Gasteiger partial charge in [0.05, 0.1) is 16.0 Å². The fourth-order valence-electron chi connectivity index (χ4n) is 0.673. The van der Waals surface area contributed by atoms with Crippen LogP contribution in [0.15, 0.2) is 12.1 Å². The molecule has 0 saturated carbocycles. The van der Waals surface area contributed by atoms with Crippen LogP contribution in [-0.2, 0) is 0 Å². The summed E-state index contributed by atoms with van der Waals surface area (Å²) in [7, 11) is 0. The molecule has 0 radical (unpaired) electrons. The van der Waals surface area contributed by atoms with E-state index in [1.807, 2.05) is 0 Å². The van der Waals surface area contributed by atoms with Crippen LogP contribution in [0.3, 0.4) is 0 Å². The van der Waals surface area contributed by atoms with Crippen molar-refractivity contribution in [1.29, 1.82) is 0 Å². The van der Waals surface area contributed by atoms with Gasteiger partial charge in [0.1, 0.15) is 5.75 Å². The number of phenolic OH excluding ortho intramolecular Hbond substituents is 1. The average molecular weight is 193 g/mol. The summed E-state index contributed by atoms with van der Waals surface area (Å²) in [6.07, 6.45) is 0. The van der Waals surface area contributed by atoms with Gasteiger partial charge in [-0.05, 0) is 0 Å². The third-order valence-corrected chi connectivity index (χ3v) is 1.53. The van der Waals surface area contributed by atoms with Gasteiger partial charge in [-0.15, -0.1) is 0 Å². The summed E-state index contributed by atoms with van der Waals surface area (Å²) in [5.41, 5.74) is -0.683. The molecular formula is C6H4ClFNO3+. The third kappa shape index (κ3) is 1.45. The van der Waals surface area contributed by atoms with Crippen molar-refractivity contribution in [3.63, 3.8) is 0 Å². The van der Waals surface area contributed by atoms with E-state index in [0.29, 0.717) is 0 Å². The Morgan fingerprint density at radius 2 is 2.08 bits per heavy atom. The Morgan fingerprint density at radius 1 is 1.50 bits per heavy atom. The minimum atomic E-state index is -1.00. The molecule has 0 bridgehead atoms. The molecule has 0 heterocycles. The van der Waals surface area contributed by atoms with E-state index in [2.05, 4.69) is 0 Å². The van der Waals surface area contributed by atoms with Crippen molar-refractivity contribution in [2.75, 3.05) is 0 Å². The molecular weight excluding hydrogens is 189 g/mol. The van der Waals surface area contributed by atoms with Crippen molar-refractivity contribution < 1.29 is 19.6 Å². The summed E-state index contributed by atoms with van der Waals surface area (Å²) in [4.78, 5) is 9.52. The van der Waals surface area contributed by atoms with Crippen molar-refractivity contribution in [2.45, 2.75) is 0 Å². The molecule has 2 N–H and O–H groups in total. The third-order valence-electron chi connectivity index (χ3n) is 1.22. The zero-order valence-electron chi connectivity index (χ0n) is 5.66. The predicted molar refractivity (Wildman–Crippen MR) is 38.1 cm³/mol. The molecule has 64 valence electrons. The number of nitrogens with zero attached hydrogens (tertiary/aromatic N) is 1. The molecule has 12 heavy (non-hydrogen) atoms. The van der Waals surface area contributed by atoms with E-state index in [9.17, 15) is 9.30 Å². The SMILES string of the molecule is O=[N+](O)c1cc(O)c(Cl)cc1F. The Labute approximate surface area is 71.3 Å². The monoisotopic (exact) mass is 192 g/mol. The normalized spacial score (nSPS) is 9.83. The van der Waals surface area contributed by atoms with Crippen LogP contribution in [0.2, 0.25) is 5.02 Å². The second-order valence-corrected chi connectivity index (χ2v) is 2.44. The average Bonchev–Trinajstić information content (AvgIpc) is 1.96. The summed E-state index contributed by atoms with van der Waals surface area (Å²) >= 11 is 5.30. The molecule has 6 heteroatoms. The first-order valence-corrected chi connectivity index (χ1v) is 3.24. The zero-order valence-corrected chi connectivity index (χ0v) is 6.42. The van der Waals surface area contributed by atoms with E-state index in [1.165, 1.54) is 0 Å². The fourth-order valence-corrected chi connectivity index (χ4v) is 0.823. The summed E-state index contributed by atoms with van der Waals surface area (Å²) < 4.78 is 12.7.